The molecule has 0 saturated heterocycles. The van der Waals surface area contributed by atoms with E-state index < -0.39 is 126 Å². The number of halogens is 8. The normalized spacial score (nSPS) is 17.6. The van der Waals surface area contributed by atoms with Crippen molar-refractivity contribution in [1.29, 1.82) is 0 Å². The van der Waals surface area contributed by atoms with Crippen molar-refractivity contribution < 1.29 is 65.8 Å². The van der Waals surface area contributed by atoms with E-state index >= 15 is 0 Å². The predicted molar refractivity (Wildman–Crippen MR) is 114 cm³/mol. The molecule has 3 unspecified atom stereocenters. The van der Waals surface area contributed by atoms with Crippen LogP contribution in [0.1, 0.15) is 24.5 Å². The van der Waals surface area contributed by atoms with Crippen molar-refractivity contribution in [2.75, 3.05) is 6.61 Å². The smallest absolute Gasteiger partial charge is 0.165 e. The zero-order valence-electron chi connectivity index (χ0n) is 19.7. The first-order valence-electron chi connectivity index (χ1n) is 11.3. The SMILES string of the molecule is CC(CCc1c(F)c(F)cc(F)c1F)C(Cc1c(F)c(F)cc(F)c1F)C(O)[C@@H](O)[C@@H](O)[C@H](O)[C@@H](O)CO. The fourth-order valence-corrected chi connectivity index (χ4v) is 4.12. The van der Waals surface area contributed by atoms with Gasteiger partial charge in [-0.3, -0.25) is 0 Å². The van der Waals surface area contributed by atoms with Gasteiger partial charge in [0.05, 0.1) is 12.7 Å². The molecule has 0 radical (unpaired) electrons. The molecular formula is C24H26F8O6. The summed E-state index contributed by atoms with van der Waals surface area (Å²) in [5, 5.41) is 59.5. The van der Waals surface area contributed by atoms with E-state index in [4.69, 9.17) is 5.11 Å². The Kier molecular flexibility index (Phi) is 11.0. The van der Waals surface area contributed by atoms with Crippen LogP contribution in [0.5, 0.6) is 0 Å². The minimum atomic E-state index is -2.40. The summed E-state index contributed by atoms with van der Waals surface area (Å²) in [7, 11) is 0. The average molecular weight is 562 g/mol. The summed E-state index contributed by atoms with van der Waals surface area (Å²) in [4.78, 5) is 0. The molecule has 0 aliphatic rings. The molecule has 6 N–H and O–H groups in total. The van der Waals surface area contributed by atoms with Gasteiger partial charge >= 0.3 is 0 Å². The van der Waals surface area contributed by atoms with Gasteiger partial charge in [-0.15, -0.1) is 0 Å². The first-order valence-corrected chi connectivity index (χ1v) is 11.3. The van der Waals surface area contributed by atoms with E-state index in [2.05, 4.69) is 0 Å². The molecule has 2 rings (SSSR count). The second-order valence-electron chi connectivity index (χ2n) is 8.99. The van der Waals surface area contributed by atoms with Crippen molar-refractivity contribution in [3.8, 4) is 0 Å². The zero-order chi connectivity index (χ0) is 29.1. The van der Waals surface area contributed by atoms with Crippen LogP contribution in [0.3, 0.4) is 0 Å². The minimum absolute atomic E-state index is 0.0297. The molecule has 214 valence electrons. The summed E-state index contributed by atoms with van der Waals surface area (Å²) in [6, 6.07) is -0.115. The molecule has 0 aromatic heterocycles. The van der Waals surface area contributed by atoms with Crippen LogP contribution in [0.2, 0.25) is 0 Å². The Balaban J connectivity index is 2.45. The van der Waals surface area contributed by atoms with Crippen LogP contribution >= 0.6 is 0 Å². The van der Waals surface area contributed by atoms with Gasteiger partial charge in [-0.1, -0.05) is 6.92 Å². The van der Waals surface area contributed by atoms with Crippen LogP contribution < -0.4 is 0 Å². The van der Waals surface area contributed by atoms with E-state index in [1.165, 1.54) is 6.92 Å². The van der Waals surface area contributed by atoms with Gasteiger partial charge < -0.3 is 30.6 Å². The fraction of sp³-hybridized carbons (Fsp3) is 0.500. The lowest BCUT2D eigenvalue weighted by Crippen LogP contribution is -2.52. The maximum absolute atomic E-state index is 14.4. The number of aliphatic hydroxyl groups is 6. The molecule has 0 heterocycles. The Hall–Kier alpha value is -2.36. The Morgan fingerprint density at radius 1 is 0.605 bits per heavy atom. The summed E-state index contributed by atoms with van der Waals surface area (Å²) >= 11 is 0. The molecular weight excluding hydrogens is 536 g/mol. The maximum Gasteiger partial charge on any atom is 0.165 e. The molecule has 0 bridgehead atoms. The van der Waals surface area contributed by atoms with Crippen LogP contribution in [0, 0.1) is 58.4 Å². The number of hydrogen-bond acceptors (Lipinski definition) is 6. The second-order valence-corrected chi connectivity index (χ2v) is 8.99. The Labute approximate surface area is 211 Å². The van der Waals surface area contributed by atoms with Crippen molar-refractivity contribution in [3.05, 3.63) is 69.8 Å². The van der Waals surface area contributed by atoms with Gasteiger partial charge in [0.2, 0.25) is 0 Å². The Bertz CT molecular complexity index is 1070. The maximum atomic E-state index is 14.4. The molecule has 0 amide bonds. The average Bonchev–Trinajstić information content (AvgIpc) is 2.88. The number of hydrogen-bond donors (Lipinski definition) is 6. The van der Waals surface area contributed by atoms with E-state index in [1.54, 1.807) is 0 Å². The van der Waals surface area contributed by atoms with Gasteiger partial charge in [0.1, 0.15) is 24.4 Å². The monoisotopic (exact) mass is 562 g/mol. The highest BCUT2D eigenvalue weighted by molar-refractivity contribution is 5.25. The lowest BCUT2D eigenvalue weighted by molar-refractivity contribution is -0.152. The fourth-order valence-electron chi connectivity index (χ4n) is 4.12. The van der Waals surface area contributed by atoms with Gasteiger partial charge in [0.15, 0.2) is 46.5 Å². The van der Waals surface area contributed by atoms with Crippen molar-refractivity contribution in [3.63, 3.8) is 0 Å². The van der Waals surface area contributed by atoms with E-state index in [9.17, 15) is 60.7 Å². The third-order valence-electron chi connectivity index (χ3n) is 6.50. The molecule has 14 heteroatoms. The molecule has 0 saturated carbocycles. The summed E-state index contributed by atoms with van der Waals surface area (Å²) in [5.74, 6) is -17.1. The highest BCUT2D eigenvalue weighted by Crippen LogP contribution is 2.32. The molecule has 38 heavy (non-hydrogen) atoms. The summed E-state index contributed by atoms with van der Waals surface area (Å²) in [5.41, 5.74) is -2.27. The van der Waals surface area contributed by atoms with Crippen LogP contribution in [0.25, 0.3) is 0 Å². The molecule has 2 aromatic rings. The van der Waals surface area contributed by atoms with Crippen LogP contribution in [-0.2, 0) is 12.8 Å². The Morgan fingerprint density at radius 3 is 1.42 bits per heavy atom. The number of rotatable bonds is 12. The van der Waals surface area contributed by atoms with Gasteiger partial charge in [-0.25, -0.2) is 35.1 Å². The molecule has 6 nitrogen and oxygen atoms in total. The standard InChI is InChI=1S/C24H26F8O6/c1-8(2-3-9-17(29)12(25)5-13(26)18(9)30)10(4-11-19(31)14(27)6-15(28)20(11)32)21(35)23(37)24(38)22(36)16(34)7-33/h5-6,8,10,16,21-24,33-38H,2-4,7H2,1H3/t8?,10?,16-,21?,22+,23+,24-/m0/s1. The van der Waals surface area contributed by atoms with Gasteiger partial charge in [0.25, 0.3) is 0 Å². The zero-order valence-corrected chi connectivity index (χ0v) is 19.7. The van der Waals surface area contributed by atoms with Crippen LogP contribution in [0.15, 0.2) is 12.1 Å². The second kappa shape index (κ2) is 13.1. The molecule has 0 aliphatic carbocycles. The van der Waals surface area contributed by atoms with E-state index in [0.29, 0.717) is 0 Å². The predicted octanol–water partition coefficient (Wildman–Crippen LogP) is 2.02. The molecule has 2 aromatic carbocycles. The summed E-state index contributed by atoms with van der Waals surface area (Å²) < 4.78 is 111. The van der Waals surface area contributed by atoms with E-state index in [1.807, 2.05) is 0 Å². The molecule has 0 fully saturated rings. The molecule has 0 spiro atoms. The van der Waals surface area contributed by atoms with Crippen molar-refractivity contribution >= 4 is 0 Å². The van der Waals surface area contributed by atoms with Gasteiger partial charge in [-0.2, -0.15) is 0 Å². The van der Waals surface area contributed by atoms with Crippen molar-refractivity contribution in [1.82, 2.24) is 0 Å². The highest BCUT2D eigenvalue weighted by atomic mass is 19.2. The van der Waals surface area contributed by atoms with Crippen molar-refractivity contribution in [2.24, 2.45) is 11.8 Å². The quantitative estimate of drug-likeness (QED) is 0.174. The largest absolute Gasteiger partial charge is 0.394 e. The number of benzene rings is 2. The molecule has 0 aliphatic heterocycles. The third kappa shape index (κ3) is 6.79. The topological polar surface area (TPSA) is 121 Å². The first kappa shape index (κ1) is 31.9. The van der Waals surface area contributed by atoms with Crippen LogP contribution in [0.4, 0.5) is 35.1 Å². The third-order valence-corrected chi connectivity index (χ3v) is 6.50. The first-order chi connectivity index (χ1) is 17.6. The van der Waals surface area contributed by atoms with E-state index in [0.717, 1.165) is 0 Å². The summed E-state index contributed by atoms with van der Waals surface area (Å²) in [6.45, 7) is 0.115. The summed E-state index contributed by atoms with van der Waals surface area (Å²) in [6.07, 6.45) is -13.6. The lowest BCUT2D eigenvalue weighted by Gasteiger charge is -2.35. The Morgan fingerprint density at radius 2 is 1.00 bits per heavy atom. The van der Waals surface area contributed by atoms with Crippen molar-refractivity contribution in [2.45, 2.75) is 56.7 Å². The van der Waals surface area contributed by atoms with Gasteiger partial charge in [-0.05, 0) is 31.1 Å². The number of aliphatic hydroxyl groups excluding tert-OH is 6. The van der Waals surface area contributed by atoms with Gasteiger partial charge in [0, 0.05) is 23.3 Å². The lowest BCUT2D eigenvalue weighted by atomic mass is 9.77. The molecule has 7 atom stereocenters. The highest BCUT2D eigenvalue weighted by Gasteiger charge is 2.40. The van der Waals surface area contributed by atoms with Crippen LogP contribution in [-0.4, -0.2) is 67.8 Å². The minimum Gasteiger partial charge on any atom is -0.394 e. The van der Waals surface area contributed by atoms with E-state index in [-0.39, 0.29) is 12.1 Å².